The molecule has 1 heterocycles. The van der Waals surface area contributed by atoms with Crippen LogP contribution >= 0.6 is 0 Å². The number of carbonyl (C=O) groups is 1. The third kappa shape index (κ3) is 1.83. The van der Waals surface area contributed by atoms with Gasteiger partial charge >= 0.3 is 0 Å². The first kappa shape index (κ1) is 9.64. The summed E-state index contributed by atoms with van der Waals surface area (Å²) in [6.45, 7) is 4.68. The molecule has 0 amide bonds. The lowest BCUT2D eigenvalue weighted by Gasteiger charge is -2.15. The molecule has 1 rings (SSSR count). The Balaban J connectivity index is 2.69. The van der Waals surface area contributed by atoms with Gasteiger partial charge in [-0.15, -0.1) is 0 Å². The average molecular weight is 174 g/mol. The van der Waals surface area contributed by atoms with Gasteiger partial charge in [-0.2, -0.15) is 0 Å². The number of aliphatic hydroxyl groups excluding tert-OH is 1. The van der Waals surface area contributed by atoms with Crippen molar-refractivity contribution in [3.63, 3.8) is 0 Å². The van der Waals surface area contributed by atoms with E-state index < -0.39 is 18.0 Å². The molecule has 2 unspecified atom stereocenters. The Morgan fingerprint density at radius 1 is 1.50 bits per heavy atom. The summed E-state index contributed by atoms with van der Waals surface area (Å²) in [5.41, 5.74) is 0. The highest BCUT2D eigenvalue weighted by atomic mass is 16.8. The topological polar surface area (TPSA) is 55.8 Å². The van der Waals surface area contributed by atoms with E-state index in [2.05, 4.69) is 0 Å². The summed E-state index contributed by atoms with van der Waals surface area (Å²) in [5.74, 6) is -0.872. The second-order valence-corrected chi connectivity index (χ2v) is 3.39. The summed E-state index contributed by atoms with van der Waals surface area (Å²) < 4.78 is 10.6. The molecule has 0 aromatic heterocycles. The molecule has 0 spiro atoms. The van der Waals surface area contributed by atoms with Crippen molar-refractivity contribution in [1.29, 1.82) is 0 Å². The molecule has 1 N–H and O–H groups in total. The number of ketones is 1. The predicted octanol–water partition coefficient (Wildman–Crippen LogP) is 0.0878. The maximum absolute atomic E-state index is 11.0. The fourth-order valence-electron chi connectivity index (χ4n) is 1.31. The van der Waals surface area contributed by atoms with Crippen LogP contribution < -0.4 is 0 Å². The maximum Gasteiger partial charge on any atom is 0.164 e. The zero-order valence-corrected chi connectivity index (χ0v) is 7.53. The fraction of sp³-hybridized carbons (Fsp3) is 0.875. The van der Waals surface area contributed by atoms with Crippen LogP contribution in [0.25, 0.3) is 0 Å². The van der Waals surface area contributed by atoms with Crippen LogP contribution in [-0.4, -0.2) is 35.5 Å². The summed E-state index contributed by atoms with van der Waals surface area (Å²) in [4.78, 5) is 11.0. The predicted molar refractivity (Wildman–Crippen MR) is 41.6 cm³/mol. The third-order valence-electron chi connectivity index (χ3n) is 1.76. The number of hydrogen-bond acceptors (Lipinski definition) is 4. The number of Topliss-reactive ketones (excluding diaryl/α,β-unsaturated/α-hetero) is 1. The summed E-state index contributed by atoms with van der Waals surface area (Å²) >= 11 is 0. The first-order chi connectivity index (χ1) is 5.46. The highest BCUT2D eigenvalue weighted by Crippen LogP contribution is 2.28. The average Bonchev–Trinajstić information content (AvgIpc) is 2.25. The highest BCUT2D eigenvalue weighted by molar-refractivity contribution is 5.81. The summed E-state index contributed by atoms with van der Waals surface area (Å²) in [5, 5.41) is 8.86. The minimum absolute atomic E-state index is 0.111. The largest absolute Gasteiger partial charge is 0.394 e. The van der Waals surface area contributed by atoms with E-state index in [9.17, 15) is 4.79 Å². The van der Waals surface area contributed by atoms with Crippen LogP contribution in [0.3, 0.4) is 0 Å². The van der Waals surface area contributed by atoms with Gasteiger partial charge in [0.1, 0.15) is 12.2 Å². The fourth-order valence-corrected chi connectivity index (χ4v) is 1.31. The maximum atomic E-state index is 11.0. The molecule has 70 valence electrons. The van der Waals surface area contributed by atoms with Gasteiger partial charge in [0.15, 0.2) is 11.6 Å². The van der Waals surface area contributed by atoms with E-state index in [1.165, 1.54) is 6.92 Å². The quantitative estimate of drug-likeness (QED) is 0.644. The Hall–Kier alpha value is -0.450. The monoisotopic (exact) mass is 174 g/mol. The molecule has 0 radical (unpaired) electrons. The lowest BCUT2D eigenvalue weighted by molar-refractivity contribution is -0.155. The molecule has 2 atom stereocenters. The molecular formula is C8H14O4. The van der Waals surface area contributed by atoms with Gasteiger partial charge in [-0.05, 0) is 20.8 Å². The van der Waals surface area contributed by atoms with E-state index in [0.717, 1.165) is 0 Å². The molecular weight excluding hydrogens is 160 g/mol. The molecule has 0 saturated carbocycles. The normalized spacial score (nSPS) is 33.7. The van der Waals surface area contributed by atoms with Crippen molar-refractivity contribution in [3.05, 3.63) is 0 Å². The minimum atomic E-state index is -0.760. The molecule has 1 aliphatic heterocycles. The lowest BCUT2D eigenvalue weighted by atomic mass is 10.1. The van der Waals surface area contributed by atoms with Gasteiger partial charge in [0.2, 0.25) is 0 Å². The molecule has 12 heavy (non-hydrogen) atoms. The zero-order valence-electron chi connectivity index (χ0n) is 7.53. The van der Waals surface area contributed by atoms with Gasteiger partial charge in [0.05, 0.1) is 6.61 Å². The number of hydrogen-bond donors (Lipinski definition) is 1. The molecule has 4 nitrogen and oxygen atoms in total. The second kappa shape index (κ2) is 3.12. The molecule has 0 aromatic rings. The molecule has 1 fully saturated rings. The van der Waals surface area contributed by atoms with E-state index in [-0.39, 0.29) is 12.4 Å². The number of aliphatic hydroxyl groups is 1. The van der Waals surface area contributed by atoms with Crippen molar-refractivity contribution in [2.75, 3.05) is 6.61 Å². The van der Waals surface area contributed by atoms with Gasteiger partial charge in [0.25, 0.3) is 0 Å². The van der Waals surface area contributed by atoms with Crippen molar-refractivity contribution in [2.24, 2.45) is 0 Å². The number of carbonyl (C=O) groups excluding carboxylic acids is 1. The van der Waals surface area contributed by atoms with Gasteiger partial charge in [-0.25, -0.2) is 0 Å². The SMILES string of the molecule is CC(=O)C1OC(C)(C)OC1CO. The van der Waals surface area contributed by atoms with Crippen LogP contribution in [0.2, 0.25) is 0 Å². The molecule has 1 saturated heterocycles. The van der Waals surface area contributed by atoms with Crippen LogP contribution in [0.15, 0.2) is 0 Å². The van der Waals surface area contributed by atoms with Crippen LogP contribution in [0.4, 0.5) is 0 Å². The Morgan fingerprint density at radius 2 is 2.08 bits per heavy atom. The Morgan fingerprint density at radius 3 is 2.42 bits per heavy atom. The molecule has 0 bridgehead atoms. The van der Waals surface area contributed by atoms with Crippen molar-refractivity contribution in [3.8, 4) is 0 Å². The lowest BCUT2D eigenvalue weighted by Crippen LogP contribution is -2.32. The summed E-state index contributed by atoms with van der Waals surface area (Å²) in [7, 11) is 0. The first-order valence-corrected chi connectivity index (χ1v) is 3.93. The molecule has 0 aliphatic carbocycles. The van der Waals surface area contributed by atoms with Gasteiger partial charge in [-0.3, -0.25) is 4.79 Å². The van der Waals surface area contributed by atoms with E-state index in [1.807, 2.05) is 0 Å². The van der Waals surface area contributed by atoms with E-state index >= 15 is 0 Å². The van der Waals surface area contributed by atoms with Crippen LogP contribution in [-0.2, 0) is 14.3 Å². The van der Waals surface area contributed by atoms with E-state index in [0.29, 0.717) is 0 Å². The molecule has 4 heteroatoms. The summed E-state index contributed by atoms with van der Waals surface area (Å²) in [6, 6.07) is 0. The standard InChI is InChI=1S/C8H14O4/c1-5(10)7-6(4-9)11-8(2,3)12-7/h6-7,9H,4H2,1-3H3. The van der Waals surface area contributed by atoms with Gasteiger partial charge < -0.3 is 14.6 Å². The molecule has 0 aromatic carbocycles. The molecule has 1 aliphatic rings. The number of ether oxygens (including phenoxy) is 2. The Labute approximate surface area is 71.5 Å². The van der Waals surface area contributed by atoms with Gasteiger partial charge in [-0.1, -0.05) is 0 Å². The third-order valence-corrected chi connectivity index (χ3v) is 1.76. The smallest absolute Gasteiger partial charge is 0.164 e. The van der Waals surface area contributed by atoms with Crippen molar-refractivity contribution < 1.29 is 19.4 Å². The van der Waals surface area contributed by atoms with Gasteiger partial charge in [0, 0.05) is 0 Å². The zero-order chi connectivity index (χ0) is 9.35. The summed E-state index contributed by atoms with van der Waals surface area (Å²) in [6.07, 6.45) is -1.14. The Kier molecular flexibility index (Phi) is 2.51. The van der Waals surface area contributed by atoms with Crippen LogP contribution in [0.1, 0.15) is 20.8 Å². The van der Waals surface area contributed by atoms with Crippen molar-refractivity contribution >= 4 is 5.78 Å². The first-order valence-electron chi connectivity index (χ1n) is 3.93. The van der Waals surface area contributed by atoms with E-state index in [4.69, 9.17) is 14.6 Å². The van der Waals surface area contributed by atoms with E-state index in [1.54, 1.807) is 13.8 Å². The van der Waals surface area contributed by atoms with Crippen LogP contribution in [0, 0.1) is 0 Å². The van der Waals surface area contributed by atoms with Crippen molar-refractivity contribution in [2.45, 2.75) is 38.8 Å². The number of rotatable bonds is 2. The van der Waals surface area contributed by atoms with Crippen molar-refractivity contribution in [1.82, 2.24) is 0 Å². The van der Waals surface area contributed by atoms with Crippen LogP contribution in [0.5, 0.6) is 0 Å². The highest BCUT2D eigenvalue weighted by Gasteiger charge is 2.43. The Bertz CT molecular complexity index is 187. The minimum Gasteiger partial charge on any atom is -0.394 e. The second-order valence-electron chi connectivity index (χ2n) is 3.39.